The van der Waals surface area contributed by atoms with E-state index in [9.17, 15) is 13.2 Å². The fraction of sp³-hybridized carbons (Fsp3) is 0.103. The lowest BCUT2D eigenvalue weighted by molar-refractivity contribution is -0.119. The van der Waals surface area contributed by atoms with Crippen LogP contribution in [0.3, 0.4) is 0 Å². The number of carbonyl (C=O) groups excluding carboxylic acids is 1. The molecule has 0 saturated carbocycles. The van der Waals surface area contributed by atoms with Crippen molar-refractivity contribution in [1.29, 1.82) is 0 Å². The van der Waals surface area contributed by atoms with Crippen LogP contribution in [0.2, 0.25) is 10.0 Å². The van der Waals surface area contributed by atoms with E-state index in [0.717, 1.165) is 9.87 Å². The number of anilines is 1. The summed E-state index contributed by atoms with van der Waals surface area (Å²) >= 11 is 15.8. The van der Waals surface area contributed by atoms with Crippen LogP contribution in [-0.2, 0) is 21.4 Å². The number of methoxy groups -OCH3 is 1. The minimum atomic E-state index is -4.15. The Labute approximate surface area is 256 Å². The summed E-state index contributed by atoms with van der Waals surface area (Å²) in [6, 6.07) is 25.2. The maximum atomic E-state index is 13.5. The van der Waals surface area contributed by atoms with Gasteiger partial charge in [-0.05, 0) is 69.5 Å². The van der Waals surface area contributed by atoms with Crippen LogP contribution in [0, 0.1) is 0 Å². The summed E-state index contributed by atoms with van der Waals surface area (Å²) < 4.78 is 39.9. The van der Waals surface area contributed by atoms with E-state index in [4.69, 9.17) is 32.7 Å². The van der Waals surface area contributed by atoms with E-state index in [1.165, 1.54) is 43.7 Å². The molecule has 0 radical (unpaired) electrons. The Morgan fingerprint density at radius 3 is 2.34 bits per heavy atom. The lowest BCUT2D eigenvalue weighted by Crippen LogP contribution is -2.39. The Balaban J connectivity index is 1.50. The highest BCUT2D eigenvalue weighted by molar-refractivity contribution is 9.10. The van der Waals surface area contributed by atoms with Gasteiger partial charge in [-0.25, -0.2) is 13.8 Å². The number of halogens is 3. The van der Waals surface area contributed by atoms with Gasteiger partial charge in [-0.1, -0.05) is 71.7 Å². The van der Waals surface area contributed by atoms with Crippen molar-refractivity contribution in [2.75, 3.05) is 18.0 Å². The number of carbonyl (C=O) groups is 1. The van der Waals surface area contributed by atoms with Gasteiger partial charge in [0.15, 0.2) is 11.5 Å². The van der Waals surface area contributed by atoms with Crippen LogP contribution in [0.1, 0.15) is 11.1 Å². The van der Waals surface area contributed by atoms with Crippen LogP contribution in [-0.4, -0.2) is 34.2 Å². The molecule has 41 heavy (non-hydrogen) atoms. The van der Waals surface area contributed by atoms with Gasteiger partial charge in [-0.15, -0.1) is 0 Å². The summed E-state index contributed by atoms with van der Waals surface area (Å²) in [5, 5.41) is 4.39. The molecule has 0 heterocycles. The molecule has 12 heteroatoms. The molecule has 212 valence electrons. The highest BCUT2D eigenvalue weighted by atomic mass is 79.9. The van der Waals surface area contributed by atoms with Crippen LogP contribution in [0.15, 0.2) is 105 Å². The first-order chi connectivity index (χ1) is 19.7. The fourth-order valence-electron chi connectivity index (χ4n) is 3.73. The molecule has 4 rings (SSSR count). The van der Waals surface area contributed by atoms with Crippen molar-refractivity contribution < 1.29 is 22.7 Å². The summed E-state index contributed by atoms with van der Waals surface area (Å²) in [6.07, 6.45) is 1.40. The van der Waals surface area contributed by atoms with Crippen molar-refractivity contribution in [3.8, 4) is 11.5 Å². The van der Waals surface area contributed by atoms with Gasteiger partial charge < -0.3 is 9.47 Å². The SMILES string of the molecule is COc1cc(/C=N\NC(=O)CN(c2ccc(Cl)cc2Cl)S(=O)(=O)c2ccccc2)cc(Br)c1OCc1ccccc1. The number of rotatable bonds is 11. The number of hydrogen-bond donors (Lipinski definition) is 1. The predicted molar refractivity (Wildman–Crippen MR) is 165 cm³/mol. The standard InChI is InChI=1S/C29H24BrCl2N3O5S/c1-39-27-15-21(14-24(30)29(27)40-19-20-8-4-2-5-9-20)17-33-34-28(36)18-35(26-13-12-22(31)16-25(26)32)41(37,38)23-10-6-3-7-11-23/h2-17H,18-19H2,1H3,(H,34,36)/b33-17-. The molecule has 4 aromatic rings. The molecule has 0 aliphatic heterocycles. The second-order valence-corrected chi connectivity index (χ2v) is 12.1. The Morgan fingerprint density at radius 2 is 1.68 bits per heavy atom. The predicted octanol–water partition coefficient (Wildman–Crippen LogP) is 6.69. The summed E-state index contributed by atoms with van der Waals surface area (Å²) in [6.45, 7) is -0.242. The number of nitrogens with one attached hydrogen (secondary N) is 1. The van der Waals surface area contributed by atoms with Crippen LogP contribution < -0.4 is 19.2 Å². The third-order valence-electron chi connectivity index (χ3n) is 5.68. The van der Waals surface area contributed by atoms with E-state index in [2.05, 4.69) is 26.5 Å². The average molecular weight is 677 g/mol. The first kappa shape index (κ1) is 30.4. The Bertz CT molecular complexity index is 1660. The molecule has 0 bridgehead atoms. The van der Waals surface area contributed by atoms with Gasteiger partial charge in [0.1, 0.15) is 13.2 Å². The third-order valence-corrected chi connectivity index (χ3v) is 8.58. The van der Waals surface area contributed by atoms with E-state index in [1.54, 1.807) is 30.3 Å². The van der Waals surface area contributed by atoms with Crippen LogP contribution in [0.5, 0.6) is 11.5 Å². The topological polar surface area (TPSA) is 97.3 Å². The normalized spacial score (nSPS) is 11.3. The zero-order valence-electron chi connectivity index (χ0n) is 21.6. The number of amides is 1. The lowest BCUT2D eigenvalue weighted by atomic mass is 10.2. The lowest BCUT2D eigenvalue weighted by Gasteiger charge is -2.24. The van der Waals surface area contributed by atoms with Gasteiger partial charge in [0, 0.05) is 5.02 Å². The molecular formula is C29H24BrCl2N3O5S. The van der Waals surface area contributed by atoms with E-state index in [-0.39, 0.29) is 15.6 Å². The Hall–Kier alpha value is -3.57. The fourth-order valence-corrected chi connectivity index (χ4v) is 6.33. The molecule has 4 aromatic carbocycles. The second kappa shape index (κ2) is 13.9. The Morgan fingerprint density at radius 1 is 1.00 bits per heavy atom. The van der Waals surface area contributed by atoms with Crippen molar-refractivity contribution in [3.63, 3.8) is 0 Å². The van der Waals surface area contributed by atoms with Crippen LogP contribution in [0.25, 0.3) is 0 Å². The third kappa shape index (κ3) is 7.80. The maximum Gasteiger partial charge on any atom is 0.264 e. The van der Waals surface area contributed by atoms with Crippen LogP contribution >= 0.6 is 39.1 Å². The number of sulfonamides is 1. The Kier molecular flexibility index (Phi) is 10.3. The molecule has 0 aliphatic rings. The monoisotopic (exact) mass is 675 g/mol. The number of ether oxygens (including phenoxy) is 2. The largest absolute Gasteiger partial charge is 0.493 e. The number of hydrazone groups is 1. The van der Waals surface area contributed by atoms with E-state index >= 15 is 0 Å². The summed E-state index contributed by atoms with van der Waals surface area (Å²) in [5.41, 5.74) is 4.06. The first-order valence-electron chi connectivity index (χ1n) is 12.1. The van der Waals surface area contributed by atoms with Gasteiger partial charge in [0.25, 0.3) is 15.9 Å². The van der Waals surface area contributed by atoms with E-state index in [1.807, 2.05) is 30.3 Å². The molecule has 8 nitrogen and oxygen atoms in total. The minimum absolute atomic E-state index is 0.00571. The summed E-state index contributed by atoms with van der Waals surface area (Å²) in [4.78, 5) is 12.9. The molecule has 1 amide bonds. The smallest absolute Gasteiger partial charge is 0.264 e. The van der Waals surface area contributed by atoms with E-state index < -0.39 is 22.5 Å². The number of benzene rings is 4. The van der Waals surface area contributed by atoms with Gasteiger partial charge in [-0.3, -0.25) is 9.10 Å². The van der Waals surface area contributed by atoms with Crippen molar-refractivity contribution >= 4 is 67.0 Å². The molecular weight excluding hydrogens is 653 g/mol. The average Bonchev–Trinajstić information content (AvgIpc) is 2.96. The second-order valence-electron chi connectivity index (χ2n) is 8.52. The maximum absolute atomic E-state index is 13.5. The molecule has 0 spiro atoms. The first-order valence-corrected chi connectivity index (χ1v) is 15.1. The number of hydrogen-bond acceptors (Lipinski definition) is 6. The summed E-state index contributed by atoms with van der Waals surface area (Å²) in [5.74, 6) is 0.278. The van der Waals surface area contributed by atoms with Crippen molar-refractivity contribution in [2.45, 2.75) is 11.5 Å². The molecule has 0 aliphatic carbocycles. The van der Waals surface area contributed by atoms with Crippen LogP contribution in [0.4, 0.5) is 5.69 Å². The van der Waals surface area contributed by atoms with Crippen molar-refractivity contribution in [1.82, 2.24) is 5.43 Å². The van der Waals surface area contributed by atoms with Gasteiger partial charge >= 0.3 is 0 Å². The highest BCUT2D eigenvalue weighted by Crippen LogP contribution is 2.37. The van der Waals surface area contributed by atoms with Crippen molar-refractivity contribution in [3.05, 3.63) is 117 Å². The molecule has 0 saturated heterocycles. The van der Waals surface area contributed by atoms with Gasteiger partial charge in [0.2, 0.25) is 0 Å². The zero-order valence-corrected chi connectivity index (χ0v) is 25.5. The molecule has 1 N–H and O–H groups in total. The quantitative estimate of drug-likeness (QED) is 0.141. The van der Waals surface area contributed by atoms with E-state index in [0.29, 0.717) is 33.2 Å². The zero-order chi connectivity index (χ0) is 29.4. The molecule has 0 atom stereocenters. The highest BCUT2D eigenvalue weighted by Gasteiger charge is 2.28. The van der Waals surface area contributed by atoms with Gasteiger partial charge in [-0.2, -0.15) is 5.10 Å². The molecule has 0 aromatic heterocycles. The minimum Gasteiger partial charge on any atom is -0.493 e. The van der Waals surface area contributed by atoms with Gasteiger partial charge in [0.05, 0.1) is 33.4 Å². The molecule has 0 fully saturated rings. The molecule has 0 unspecified atom stereocenters. The van der Waals surface area contributed by atoms with Crippen molar-refractivity contribution in [2.24, 2.45) is 5.10 Å². The summed E-state index contributed by atoms with van der Waals surface area (Å²) in [7, 11) is -2.63. The number of nitrogens with zero attached hydrogens (tertiary/aromatic N) is 2.